The van der Waals surface area contributed by atoms with Crippen LogP contribution in [0, 0.1) is 0 Å². The lowest BCUT2D eigenvalue weighted by Crippen LogP contribution is -2.36. The van der Waals surface area contributed by atoms with E-state index in [0.29, 0.717) is 0 Å². The van der Waals surface area contributed by atoms with Crippen molar-refractivity contribution < 1.29 is 4.74 Å². The Kier molecular flexibility index (Phi) is 5.99. The maximum absolute atomic E-state index is 5.40. The van der Waals surface area contributed by atoms with Crippen LogP contribution in [0.4, 0.5) is 0 Å². The Bertz CT molecular complexity index is 665. The third-order valence-electron chi connectivity index (χ3n) is 5.31. The molecular weight excluding hydrogens is 328 g/mol. The van der Waals surface area contributed by atoms with Gasteiger partial charge in [0.15, 0.2) is 5.82 Å². The molecule has 4 rings (SSSR count). The highest BCUT2D eigenvalue weighted by Crippen LogP contribution is 2.19. The number of morpholine rings is 1. The molecule has 1 N–H and O–H groups in total. The maximum Gasteiger partial charge on any atom is 0.160 e. The lowest BCUT2D eigenvalue weighted by Gasteiger charge is -2.26. The van der Waals surface area contributed by atoms with Gasteiger partial charge in [0.1, 0.15) is 5.69 Å². The average Bonchev–Trinajstić information content (AvgIpc) is 3.24. The van der Waals surface area contributed by atoms with Gasteiger partial charge in [-0.05, 0) is 38.4 Å². The van der Waals surface area contributed by atoms with Crippen LogP contribution in [-0.2, 0) is 24.4 Å². The molecule has 0 radical (unpaired) electrons. The molecule has 0 saturated carbocycles. The number of unbranched alkanes of at least 4 members (excludes halogenated alkanes) is 2. The molecule has 7 nitrogen and oxygen atoms in total. The zero-order valence-electron chi connectivity index (χ0n) is 15.6. The molecule has 0 aromatic carbocycles. The first-order chi connectivity index (χ1) is 12.9. The van der Waals surface area contributed by atoms with E-state index in [2.05, 4.69) is 36.7 Å². The first kappa shape index (κ1) is 17.7. The minimum Gasteiger partial charge on any atom is -0.379 e. The summed E-state index contributed by atoms with van der Waals surface area (Å²) in [6, 6.07) is 2.19. The van der Waals surface area contributed by atoms with Crippen molar-refractivity contribution in [1.29, 1.82) is 0 Å². The number of aryl methyl sites for hydroxylation is 2. The quantitative estimate of drug-likeness (QED) is 0.764. The molecule has 2 aliphatic rings. The van der Waals surface area contributed by atoms with Crippen molar-refractivity contribution in [2.24, 2.45) is 0 Å². The average molecular weight is 358 g/mol. The van der Waals surface area contributed by atoms with Crippen molar-refractivity contribution in [1.82, 2.24) is 29.5 Å². The first-order valence-corrected chi connectivity index (χ1v) is 9.99. The second-order valence-corrected chi connectivity index (χ2v) is 7.23. The monoisotopic (exact) mass is 358 g/mol. The Morgan fingerprint density at radius 1 is 1.08 bits per heavy atom. The van der Waals surface area contributed by atoms with Crippen LogP contribution in [0.2, 0.25) is 0 Å². The second-order valence-electron chi connectivity index (χ2n) is 7.23. The van der Waals surface area contributed by atoms with Crippen LogP contribution in [0.25, 0.3) is 11.5 Å². The first-order valence-electron chi connectivity index (χ1n) is 9.99. The van der Waals surface area contributed by atoms with Crippen molar-refractivity contribution >= 4 is 0 Å². The molecule has 26 heavy (non-hydrogen) atoms. The number of fused-ring (bicyclic) bond motifs is 1. The molecule has 0 bridgehead atoms. The SMILES string of the molecule is c1cn(CCCCCN2CCOCC2)c(-c2cc3n(n2)CCCNC3)n1. The Balaban J connectivity index is 1.28. The van der Waals surface area contributed by atoms with Crippen molar-refractivity contribution in [3.63, 3.8) is 0 Å². The number of nitrogens with one attached hydrogen (secondary N) is 1. The zero-order chi connectivity index (χ0) is 17.6. The molecule has 0 spiro atoms. The van der Waals surface area contributed by atoms with Crippen LogP contribution >= 0.6 is 0 Å². The zero-order valence-corrected chi connectivity index (χ0v) is 15.6. The van der Waals surface area contributed by atoms with Gasteiger partial charge < -0.3 is 14.6 Å². The van der Waals surface area contributed by atoms with E-state index in [1.807, 2.05) is 6.20 Å². The Labute approximate surface area is 155 Å². The molecule has 1 saturated heterocycles. The molecule has 0 aliphatic carbocycles. The predicted molar refractivity (Wildman–Crippen MR) is 101 cm³/mol. The highest BCUT2D eigenvalue weighted by atomic mass is 16.5. The normalized spacial score (nSPS) is 18.6. The smallest absolute Gasteiger partial charge is 0.160 e. The fraction of sp³-hybridized carbons (Fsp3) is 0.684. The van der Waals surface area contributed by atoms with Gasteiger partial charge in [0.25, 0.3) is 0 Å². The standard InChI is InChI=1S/C19H30N6O/c1(2-7-23-11-13-26-14-12-23)3-8-24-10-6-21-19(24)18-15-17-16-20-5-4-9-25(17)22-18/h6,10,15,20H,1-5,7-9,11-14,16H2. The molecule has 0 unspecified atom stereocenters. The van der Waals surface area contributed by atoms with Crippen LogP contribution in [-0.4, -0.2) is 63.6 Å². The van der Waals surface area contributed by atoms with Gasteiger partial charge in [-0.15, -0.1) is 0 Å². The fourth-order valence-corrected chi connectivity index (χ4v) is 3.81. The van der Waals surface area contributed by atoms with Crippen molar-refractivity contribution in [2.45, 2.75) is 45.3 Å². The van der Waals surface area contributed by atoms with E-state index in [4.69, 9.17) is 9.84 Å². The van der Waals surface area contributed by atoms with Gasteiger partial charge in [-0.2, -0.15) is 5.10 Å². The van der Waals surface area contributed by atoms with E-state index in [1.54, 1.807) is 0 Å². The summed E-state index contributed by atoms with van der Waals surface area (Å²) in [5.41, 5.74) is 2.26. The number of aromatic nitrogens is 4. The third-order valence-corrected chi connectivity index (χ3v) is 5.31. The third kappa shape index (κ3) is 4.34. The molecule has 2 aliphatic heterocycles. The van der Waals surface area contributed by atoms with Gasteiger partial charge in [-0.3, -0.25) is 9.58 Å². The van der Waals surface area contributed by atoms with Crippen molar-refractivity contribution in [3.05, 3.63) is 24.2 Å². The van der Waals surface area contributed by atoms with Crippen LogP contribution in [0.3, 0.4) is 0 Å². The summed E-state index contributed by atoms with van der Waals surface area (Å²) in [6.45, 7) is 9.12. The van der Waals surface area contributed by atoms with Crippen LogP contribution in [0.15, 0.2) is 18.5 Å². The van der Waals surface area contributed by atoms with E-state index < -0.39 is 0 Å². The molecule has 2 aromatic rings. The van der Waals surface area contributed by atoms with E-state index in [0.717, 1.165) is 70.4 Å². The molecular formula is C19H30N6O. The molecule has 0 amide bonds. The Hall–Kier alpha value is -1.70. The van der Waals surface area contributed by atoms with E-state index in [-0.39, 0.29) is 0 Å². The summed E-state index contributed by atoms with van der Waals surface area (Å²) in [4.78, 5) is 7.08. The molecule has 0 atom stereocenters. The summed E-state index contributed by atoms with van der Waals surface area (Å²) in [7, 11) is 0. The summed E-state index contributed by atoms with van der Waals surface area (Å²) in [5.74, 6) is 0.999. The van der Waals surface area contributed by atoms with Crippen LogP contribution < -0.4 is 5.32 Å². The molecule has 7 heteroatoms. The molecule has 142 valence electrons. The molecule has 4 heterocycles. The lowest BCUT2D eigenvalue weighted by molar-refractivity contribution is 0.0371. The number of imidazole rings is 1. The Morgan fingerprint density at radius 2 is 1.96 bits per heavy atom. The molecule has 2 aromatic heterocycles. The van der Waals surface area contributed by atoms with Gasteiger partial charge in [0.2, 0.25) is 0 Å². The van der Waals surface area contributed by atoms with Crippen LogP contribution in [0.1, 0.15) is 31.4 Å². The van der Waals surface area contributed by atoms with Gasteiger partial charge in [0, 0.05) is 45.1 Å². The van der Waals surface area contributed by atoms with Gasteiger partial charge in [0.05, 0.1) is 18.9 Å². The Morgan fingerprint density at radius 3 is 2.88 bits per heavy atom. The summed E-state index contributed by atoms with van der Waals surface area (Å²) >= 11 is 0. The number of hydrogen-bond donors (Lipinski definition) is 1. The highest BCUT2D eigenvalue weighted by Gasteiger charge is 2.15. The highest BCUT2D eigenvalue weighted by molar-refractivity contribution is 5.50. The number of nitrogens with zero attached hydrogens (tertiary/aromatic N) is 5. The van der Waals surface area contributed by atoms with Gasteiger partial charge >= 0.3 is 0 Å². The van der Waals surface area contributed by atoms with Crippen molar-refractivity contribution in [2.75, 3.05) is 39.4 Å². The molecule has 1 fully saturated rings. The number of rotatable bonds is 7. The summed E-state index contributed by atoms with van der Waals surface area (Å²) < 4.78 is 9.79. The van der Waals surface area contributed by atoms with E-state index in [1.165, 1.54) is 31.5 Å². The summed E-state index contributed by atoms with van der Waals surface area (Å²) in [6.07, 6.45) is 8.80. The van der Waals surface area contributed by atoms with Gasteiger partial charge in [-0.1, -0.05) is 6.42 Å². The second kappa shape index (κ2) is 8.79. The van der Waals surface area contributed by atoms with Crippen LogP contribution in [0.5, 0.6) is 0 Å². The number of ether oxygens (including phenoxy) is 1. The largest absolute Gasteiger partial charge is 0.379 e. The van der Waals surface area contributed by atoms with Crippen molar-refractivity contribution in [3.8, 4) is 11.5 Å². The van der Waals surface area contributed by atoms with Gasteiger partial charge in [-0.25, -0.2) is 4.98 Å². The predicted octanol–water partition coefficient (Wildman–Crippen LogP) is 1.74. The maximum atomic E-state index is 5.40. The topological polar surface area (TPSA) is 60.1 Å². The summed E-state index contributed by atoms with van der Waals surface area (Å²) in [5, 5.41) is 8.25. The minimum atomic E-state index is 0.891. The van der Waals surface area contributed by atoms with E-state index >= 15 is 0 Å². The van der Waals surface area contributed by atoms with E-state index in [9.17, 15) is 0 Å². The fourth-order valence-electron chi connectivity index (χ4n) is 3.81. The number of hydrogen-bond acceptors (Lipinski definition) is 5. The minimum absolute atomic E-state index is 0.891. The lowest BCUT2D eigenvalue weighted by atomic mass is 10.2.